The van der Waals surface area contributed by atoms with Gasteiger partial charge in [0.2, 0.25) is 0 Å². The molecule has 2 fully saturated rings. The van der Waals surface area contributed by atoms with E-state index in [1.165, 1.54) is 25.7 Å². The minimum absolute atomic E-state index is 0.107. The molecule has 2 aliphatic heterocycles. The molecule has 0 saturated carbocycles. The maximum Gasteiger partial charge on any atom is 0.272 e. The van der Waals surface area contributed by atoms with E-state index in [0.717, 1.165) is 68.2 Å². The van der Waals surface area contributed by atoms with Crippen LogP contribution in [-0.4, -0.2) is 57.8 Å². The van der Waals surface area contributed by atoms with Gasteiger partial charge in [-0.05, 0) is 49.9 Å². The first-order chi connectivity index (χ1) is 15.7. The molecule has 0 unspecified atom stereocenters. The SMILES string of the molecule is Cn1nc(C(=O)NC2CCN(Cc3ccco3)CC2)c2ccc(N3CCCCCC3)nc21. The molecule has 0 spiro atoms. The second-order valence-electron chi connectivity index (χ2n) is 9.02. The van der Waals surface area contributed by atoms with E-state index in [0.29, 0.717) is 5.69 Å². The van der Waals surface area contributed by atoms with Crippen LogP contribution in [0.3, 0.4) is 0 Å². The lowest BCUT2D eigenvalue weighted by Crippen LogP contribution is -2.44. The molecule has 5 heterocycles. The van der Waals surface area contributed by atoms with Gasteiger partial charge in [-0.25, -0.2) is 9.67 Å². The molecule has 3 aromatic rings. The third-order valence-corrected chi connectivity index (χ3v) is 6.70. The minimum Gasteiger partial charge on any atom is -0.468 e. The van der Waals surface area contributed by atoms with Gasteiger partial charge >= 0.3 is 0 Å². The van der Waals surface area contributed by atoms with Gasteiger partial charge in [-0.3, -0.25) is 9.69 Å². The number of furan rings is 1. The van der Waals surface area contributed by atoms with Crippen molar-refractivity contribution in [3.8, 4) is 0 Å². The van der Waals surface area contributed by atoms with Crippen LogP contribution >= 0.6 is 0 Å². The van der Waals surface area contributed by atoms with E-state index in [-0.39, 0.29) is 11.9 Å². The molecule has 2 aliphatic rings. The second-order valence-corrected chi connectivity index (χ2v) is 9.02. The highest BCUT2D eigenvalue weighted by Crippen LogP contribution is 2.23. The van der Waals surface area contributed by atoms with Gasteiger partial charge < -0.3 is 14.6 Å². The summed E-state index contributed by atoms with van der Waals surface area (Å²) in [6, 6.07) is 8.14. The number of piperidine rings is 1. The van der Waals surface area contributed by atoms with Crippen LogP contribution in [0.5, 0.6) is 0 Å². The lowest BCUT2D eigenvalue weighted by atomic mass is 10.0. The van der Waals surface area contributed by atoms with Crippen LogP contribution in [0.1, 0.15) is 54.8 Å². The van der Waals surface area contributed by atoms with Gasteiger partial charge in [-0.2, -0.15) is 5.10 Å². The maximum atomic E-state index is 13.1. The number of aromatic nitrogens is 3. The number of pyridine rings is 1. The highest BCUT2D eigenvalue weighted by Gasteiger charge is 2.25. The summed E-state index contributed by atoms with van der Waals surface area (Å²) in [6.45, 7) is 4.79. The Balaban J connectivity index is 1.24. The Bertz CT molecular complexity index is 1040. The lowest BCUT2D eigenvalue weighted by molar-refractivity contribution is 0.0902. The van der Waals surface area contributed by atoms with Gasteiger partial charge in [0, 0.05) is 39.3 Å². The molecule has 2 saturated heterocycles. The molecule has 5 rings (SSSR count). The summed E-state index contributed by atoms with van der Waals surface area (Å²) < 4.78 is 7.18. The minimum atomic E-state index is -0.107. The first kappa shape index (κ1) is 21.0. The maximum absolute atomic E-state index is 13.1. The average molecular weight is 437 g/mol. The molecular weight excluding hydrogens is 404 g/mol. The Morgan fingerprint density at radius 3 is 2.59 bits per heavy atom. The highest BCUT2D eigenvalue weighted by atomic mass is 16.3. The van der Waals surface area contributed by atoms with Crippen LogP contribution in [0, 0.1) is 0 Å². The number of nitrogens with one attached hydrogen (secondary N) is 1. The summed E-state index contributed by atoms with van der Waals surface area (Å²) in [7, 11) is 1.87. The largest absolute Gasteiger partial charge is 0.468 e. The number of amides is 1. The van der Waals surface area contributed by atoms with Gasteiger partial charge in [-0.15, -0.1) is 0 Å². The van der Waals surface area contributed by atoms with Crippen molar-refractivity contribution in [1.82, 2.24) is 25.0 Å². The van der Waals surface area contributed by atoms with Gasteiger partial charge in [0.25, 0.3) is 5.91 Å². The van der Waals surface area contributed by atoms with Crippen LogP contribution in [0.2, 0.25) is 0 Å². The number of likely N-dealkylation sites (tertiary alicyclic amines) is 1. The Kier molecular flexibility index (Phi) is 6.12. The van der Waals surface area contributed by atoms with Crippen molar-refractivity contribution in [2.24, 2.45) is 7.05 Å². The molecule has 0 radical (unpaired) electrons. The van der Waals surface area contributed by atoms with Crippen LogP contribution in [0.25, 0.3) is 11.0 Å². The van der Waals surface area contributed by atoms with E-state index in [1.807, 2.05) is 31.3 Å². The predicted octanol–water partition coefficient (Wildman–Crippen LogP) is 3.34. The number of nitrogens with zero attached hydrogens (tertiary/aromatic N) is 5. The first-order valence-electron chi connectivity index (χ1n) is 11.8. The van der Waals surface area contributed by atoms with Crippen LogP contribution in [-0.2, 0) is 13.6 Å². The zero-order chi connectivity index (χ0) is 21.9. The topological polar surface area (TPSA) is 79.4 Å². The van der Waals surface area contributed by atoms with Gasteiger partial charge in [-0.1, -0.05) is 12.8 Å². The highest BCUT2D eigenvalue weighted by molar-refractivity contribution is 6.04. The zero-order valence-electron chi connectivity index (χ0n) is 18.8. The molecule has 0 bridgehead atoms. The summed E-state index contributed by atoms with van der Waals surface area (Å²) >= 11 is 0. The number of carbonyl (C=O) groups excluding carboxylic acids is 1. The standard InChI is InChI=1S/C24H32N6O2/c1-28-23-20(8-9-21(26-23)30-12-4-2-3-5-13-30)22(27-28)24(31)25-18-10-14-29(15-11-18)17-19-7-6-16-32-19/h6-9,16,18H,2-5,10-15,17H2,1H3,(H,25,31). The van der Waals surface area contributed by atoms with E-state index in [4.69, 9.17) is 9.40 Å². The molecule has 1 N–H and O–H groups in total. The van der Waals surface area contributed by atoms with E-state index in [2.05, 4.69) is 20.2 Å². The van der Waals surface area contributed by atoms with E-state index < -0.39 is 0 Å². The van der Waals surface area contributed by atoms with Gasteiger partial charge in [0.15, 0.2) is 11.3 Å². The normalized spacial score (nSPS) is 18.7. The number of hydrogen-bond donors (Lipinski definition) is 1. The zero-order valence-corrected chi connectivity index (χ0v) is 18.8. The number of hydrogen-bond acceptors (Lipinski definition) is 6. The number of aryl methyl sites for hydroxylation is 1. The third kappa shape index (κ3) is 4.50. The summed E-state index contributed by atoms with van der Waals surface area (Å²) in [4.78, 5) is 22.6. The number of anilines is 1. The van der Waals surface area contributed by atoms with E-state index >= 15 is 0 Å². The smallest absolute Gasteiger partial charge is 0.272 e. The lowest BCUT2D eigenvalue weighted by Gasteiger charge is -2.31. The van der Waals surface area contributed by atoms with Crippen LogP contribution in [0.4, 0.5) is 5.82 Å². The predicted molar refractivity (Wildman–Crippen MR) is 124 cm³/mol. The van der Waals surface area contributed by atoms with Crippen molar-refractivity contribution < 1.29 is 9.21 Å². The van der Waals surface area contributed by atoms with Crippen molar-refractivity contribution in [2.45, 2.75) is 51.1 Å². The summed E-state index contributed by atoms with van der Waals surface area (Å²) in [5, 5.41) is 8.55. The second kappa shape index (κ2) is 9.32. The molecule has 0 aromatic carbocycles. The molecule has 32 heavy (non-hydrogen) atoms. The fourth-order valence-electron chi connectivity index (χ4n) is 4.88. The molecule has 3 aromatic heterocycles. The number of rotatable bonds is 5. The van der Waals surface area contributed by atoms with Gasteiger partial charge in [0.05, 0.1) is 18.2 Å². The van der Waals surface area contributed by atoms with E-state index in [9.17, 15) is 4.79 Å². The average Bonchev–Trinajstić information content (AvgIpc) is 3.33. The fraction of sp³-hybridized carbons (Fsp3) is 0.542. The Morgan fingerprint density at radius 2 is 1.88 bits per heavy atom. The van der Waals surface area contributed by atoms with Crippen LogP contribution < -0.4 is 10.2 Å². The summed E-state index contributed by atoms with van der Waals surface area (Å²) in [5.74, 6) is 1.86. The van der Waals surface area contributed by atoms with Gasteiger partial charge in [0.1, 0.15) is 11.6 Å². The summed E-state index contributed by atoms with van der Waals surface area (Å²) in [5.41, 5.74) is 1.24. The monoisotopic (exact) mass is 436 g/mol. The molecule has 1 amide bonds. The Hall–Kier alpha value is -2.87. The van der Waals surface area contributed by atoms with Crippen molar-refractivity contribution >= 4 is 22.8 Å². The quantitative estimate of drug-likeness (QED) is 0.661. The van der Waals surface area contributed by atoms with Crippen LogP contribution in [0.15, 0.2) is 34.9 Å². The van der Waals surface area contributed by atoms with Crippen molar-refractivity contribution in [2.75, 3.05) is 31.1 Å². The fourth-order valence-corrected chi connectivity index (χ4v) is 4.88. The molecule has 170 valence electrons. The Labute approximate surface area is 188 Å². The molecule has 8 nitrogen and oxygen atoms in total. The van der Waals surface area contributed by atoms with Crippen molar-refractivity contribution in [3.05, 3.63) is 42.0 Å². The van der Waals surface area contributed by atoms with Crippen molar-refractivity contribution in [1.29, 1.82) is 0 Å². The third-order valence-electron chi connectivity index (χ3n) is 6.70. The van der Waals surface area contributed by atoms with E-state index in [1.54, 1.807) is 10.9 Å². The molecule has 8 heteroatoms. The number of fused-ring (bicyclic) bond motifs is 1. The summed E-state index contributed by atoms with van der Waals surface area (Å²) in [6.07, 6.45) is 8.56. The van der Waals surface area contributed by atoms with Crippen molar-refractivity contribution in [3.63, 3.8) is 0 Å². The molecule has 0 aliphatic carbocycles. The molecular formula is C24H32N6O2. The Morgan fingerprint density at radius 1 is 1.09 bits per heavy atom. The first-order valence-corrected chi connectivity index (χ1v) is 11.8. The number of carbonyl (C=O) groups is 1. The molecule has 0 atom stereocenters.